The van der Waals surface area contributed by atoms with Crippen LogP contribution in [0.25, 0.3) is 0 Å². The summed E-state index contributed by atoms with van der Waals surface area (Å²) in [4.78, 5) is 11.5. The molecule has 0 aliphatic carbocycles. The summed E-state index contributed by atoms with van der Waals surface area (Å²) in [5.74, 6) is 0.364. The number of halogens is 1. The highest BCUT2D eigenvalue weighted by molar-refractivity contribution is 9.10. The molecule has 1 rings (SSSR count). The summed E-state index contributed by atoms with van der Waals surface area (Å²) in [7, 11) is 0. The first-order valence-corrected chi connectivity index (χ1v) is 6.45. The average Bonchev–Trinajstić information content (AvgIpc) is 2.24. The number of aliphatic hydroxyl groups is 1. The lowest BCUT2D eigenvalue weighted by Gasteiger charge is -2.17. The Morgan fingerprint density at radius 2 is 2.17 bits per heavy atom. The van der Waals surface area contributed by atoms with Crippen LogP contribution in [0.4, 0.5) is 0 Å². The molecular weight excluding hydrogens is 298 g/mol. The molecule has 0 saturated heterocycles. The number of carbonyl (C=O) groups is 1. The van der Waals surface area contributed by atoms with Crippen molar-refractivity contribution >= 4 is 21.8 Å². The monoisotopic (exact) mass is 315 g/mol. The predicted molar refractivity (Wildman–Crippen MR) is 73.7 cm³/mol. The van der Waals surface area contributed by atoms with Crippen LogP contribution in [-0.2, 0) is 4.79 Å². The van der Waals surface area contributed by atoms with Gasteiger partial charge in [0.2, 0.25) is 0 Å². The van der Waals surface area contributed by atoms with Crippen LogP contribution in [0.3, 0.4) is 0 Å². The van der Waals surface area contributed by atoms with E-state index in [2.05, 4.69) is 21.2 Å². The Morgan fingerprint density at radius 1 is 1.50 bits per heavy atom. The highest BCUT2D eigenvalue weighted by Crippen LogP contribution is 2.25. The molecule has 1 amide bonds. The number of hydrogen-bond donors (Lipinski definition) is 2. The summed E-state index contributed by atoms with van der Waals surface area (Å²) in [6.45, 7) is 5.36. The van der Waals surface area contributed by atoms with Crippen molar-refractivity contribution in [2.75, 3.05) is 13.2 Å². The number of nitrogens with one attached hydrogen (secondary N) is 1. The van der Waals surface area contributed by atoms with Crippen molar-refractivity contribution < 1.29 is 14.6 Å². The van der Waals surface area contributed by atoms with Gasteiger partial charge >= 0.3 is 0 Å². The summed E-state index contributed by atoms with van der Waals surface area (Å²) in [6.07, 6.45) is 0. The number of rotatable bonds is 5. The molecule has 5 heteroatoms. The van der Waals surface area contributed by atoms with E-state index in [9.17, 15) is 9.90 Å². The van der Waals surface area contributed by atoms with E-state index in [0.29, 0.717) is 5.75 Å². The zero-order chi connectivity index (χ0) is 13.8. The van der Waals surface area contributed by atoms with Crippen molar-refractivity contribution in [3.63, 3.8) is 0 Å². The van der Waals surface area contributed by atoms with Gasteiger partial charge in [0.25, 0.3) is 5.91 Å². The van der Waals surface area contributed by atoms with E-state index in [1.807, 2.05) is 25.1 Å². The van der Waals surface area contributed by atoms with Crippen molar-refractivity contribution in [3.05, 3.63) is 28.2 Å². The van der Waals surface area contributed by atoms with Gasteiger partial charge < -0.3 is 15.2 Å². The number of amides is 1. The molecule has 0 aliphatic heterocycles. The molecule has 0 fully saturated rings. The molecule has 0 bridgehead atoms. The Bertz CT molecular complexity index is 427. The smallest absolute Gasteiger partial charge is 0.258 e. The molecule has 0 aliphatic rings. The molecule has 0 saturated carbocycles. The fourth-order valence-corrected chi connectivity index (χ4v) is 1.84. The summed E-state index contributed by atoms with van der Waals surface area (Å²) in [6, 6.07) is 5.64. The van der Waals surface area contributed by atoms with Gasteiger partial charge in [0, 0.05) is 6.54 Å². The quantitative estimate of drug-likeness (QED) is 0.874. The third kappa shape index (κ3) is 5.51. The van der Waals surface area contributed by atoms with E-state index >= 15 is 0 Å². The van der Waals surface area contributed by atoms with E-state index in [0.717, 1.165) is 10.0 Å². The summed E-state index contributed by atoms with van der Waals surface area (Å²) in [5, 5.41) is 12.1. The second-order valence-corrected chi connectivity index (χ2v) is 5.67. The lowest BCUT2D eigenvalue weighted by atomic mass is 10.1. The van der Waals surface area contributed by atoms with Crippen LogP contribution in [0.1, 0.15) is 19.4 Å². The zero-order valence-electron chi connectivity index (χ0n) is 10.8. The summed E-state index contributed by atoms with van der Waals surface area (Å²) >= 11 is 3.37. The number of aryl methyl sites for hydroxylation is 1. The Kier molecular flexibility index (Phi) is 5.16. The predicted octanol–water partition coefficient (Wildman–Crippen LogP) is 2.02. The second-order valence-electron chi connectivity index (χ2n) is 4.81. The van der Waals surface area contributed by atoms with Crippen LogP contribution >= 0.6 is 15.9 Å². The van der Waals surface area contributed by atoms with E-state index in [-0.39, 0.29) is 19.1 Å². The lowest BCUT2D eigenvalue weighted by Crippen LogP contribution is -2.40. The van der Waals surface area contributed by atoms with Gasteiger partial charge in [-0.05, 0) is 54.4 Å². The Hall–Kier alpha value is -1.07. The highest BCUT2D eigenvalue weighted by atomic mass is 79.9. The molecule has 1 aromatic carbocycles. The van der Waals surface area contributed by atoms with Gasteiger partial charge in [0.1, 0.15) is 5.75 Å². The molecule has 0 unspecified atom stereocenters. The number of benzene rings is 1. The molecule has 1 aromatic rings. The minimum absolute atomic E-state index is 0.0717. The maximum atomic E-state index is 11.5. The summed E-state index contributed by atoms with van der Waals surface area (Å²) in [5.41, 5.74) is 0.195. The maximum absolute atomic E-state index is 11.5. The topological polar surface area (TPSA) is 58.6 Å². The van der Waals surface area contributed by atoms with Crippen LogP contribution in [0.2, 0.25) is 0 Å². The van der Waals surface area contributed by atoms with Crippen LogP contribution < -0.4 is 10.1 Å². The molecule has 100 valence electrons. The number of hydrogen-bond acceptors (Lipinski definition) is 3. The van der Waals surface area contributed by atoms with Gasteiger partial charge in [0.05, 0.1) is 10.1 Å². The molecular formula is C13H18BrNO3. The van der Waals surface area contributed by atoms with E-state index in [1.165, 1.54) is 0 Å². The Labute approximate surface area is 115 Å². The third-order valence-corrected chi connectivity index (χ3v) is 2.78. The van der Waals surface area contributed by atoms with E-state index in [4.69, 9.17) is 4.74 Å². The van der Waals surface area contributed by atoms with Crippen molar-refractivity contribution in [2.45, 2.75) is 26.4 Å². The fourth-order valence-electron chi connectivity index (χ4n) is 1.23. The summed E-state index contributed by atoms with van der Waals surface area (Å²) < 4.78 is 6.20. The SMILES string of the molecule is Cc1ccc(OCC(=O)NCC(C)(C)O)c(Br)c1. The molecule has 0 spiro atoms. The first-order chi connectivity index (χ1) is 8.28. The standard InChI is InChI=1S/C13H18BrNO3/c1-9-4-5-11(10(14)6-9)18-7-12(16)15-8-13(2,3)17/h4-6,17H,7-8H2,1-3H3,(H,15,16). The molecule has 0 aromatic heterocycles. The molecule has 18 heavy (non-hydrogen) atoms. The Morgan fingerprint density at radius 3 is 2.72 bits per heavy atom. The van der Waals surface area contributed by atoms with Crippen LogP contribution in [0, 0.1) is 6.92 Å². The van der Waals surface area contributed by atoms with Crippen molar-refractivity contribution in [3.8, 4) is 5.75 Å². The Balaban J connectivity index is 2.43. The van der Waals surface area contributed by atoms with Gasteiger partial charge in [-0.15, -0.1) is 0 Å². The number of ether oxygens (including phenoxy) is 1. The van der Waals surface area contributed by atoms with Crippen molar-refractivity contribution in [1.82, 2.24) is 5.32 Å². The molecule has 2 N–H and O–H groups in total. The second kappa shape index (κ2) is 6.20. The normalized spacial score (nSPS) is 11.2. The van der Waals surface area contributed by atoms with Gasteiger partial charge in [-0.2, -0.15) is 0 Å². The van der Waals surface area contributed by atoms with Crippen LogP contribution in [-0.4, -0.2) is 29.8 Å². The minimum atomic E-state index is -0.917. The zero-order valence-corrected chi connectivity index (χ0v) is 12.4. The average molecular weight is 316 g/mol. The first kappa shape index (κ1) is 15.0. The molecule has 4 nitrogen and oxygen atoms in total. The molecule has 0 atom stereocenters. The van der Waals surface area contributed by atoms with Gasteiger partial charge in [-0.1, -0.05) is 6.07 Å². The maximum Gasteiger partial charge on any atom is 0.258 e. The van der Waals surface area contributed by atoms with E-state index < -0.39 is 5.60 Å². The third-order valence-electron chi connectivity index (χ3n) is 2.16. The van der Waals surface area contributed by atoms with Crippen LogP contribution in [0.5, 0.6) is 5.75 Å². The molecule has 0 radical (unpaired) electrons. The number of carbonyl (C=O) groups excluding carboxylic acids is 1. The fraction of sp³-hybridized carbons (Fsp3) is 0.462. The van der Waals surface area contributed by atoms with Gasteiger partial charge in [-0.3, -0.25) is 4.79 Å². The van der Waals surface area contributed by atoms with E-state index in [1.54, 1.807) is 13.8 Å². The minimum Gasteiger partial charge on any atom is -0.483 e. The highest BCUT2D eigenvalue weighted by Gasteiger charge is 2.14. The largest absolute Gasteiger partial charge is 0.483 e. The van der Waals surface area contributed by atoms with Crippen molar-refractivity contribution in [2.24, 2.45) is 0 Å². The van der Waals surface area contributed by atoms with Crippen molar-refractivity contribution in [1.29, 1.82) is 0 Å². The molecule has 0 heterocycles. The van der Waals surface area contributed by atoms with Gasteiger partial charge in [0.15, 0.2) is 6.61 Å². The van der Waals surface area contributed by atoms with Crippen LogP contribution in [0.15, 0.2) is 22.7 Å². The lowest BCUT2D eigenvalue weighted by molar-refractivity contribution is -0.124. The van der Waals surface area contributed by atoms with Gasteiger partial charge in [-0.25, -0.2) is 0 Å². The first-order valence-electron chi connectivity index (χ1n) is 5.66.